The lowest BCUT2D eigenvalue weighted by Gasteiger charge is -2.33. The molecule has 3 aromatic carbocycles. The van der Waals surface area contributed by atoms with Gasteiger partial charge in [-0.1, -0.05) is 90.9 Å². The Hall–Kier alpha value is -3.35. The minimum absolute atomic E-state index is 0.318. The molecule has 0 radical (unpaired) electrons. The molecule has 0 amide bonds. The van der Waals surface area contributed by atoms with Gasteiger partial charge in [0.15, 0.2) is 8.07 Å². The predicted octanol–water partition coefficient (Wildman–Crippen LogP) is 3.26. The zero-order valence-electron chi connectivity index (χ0n) is 16.6. The number of carbonyl (C=O) groups excluding carboxylic acids is 1. The first-order valence-corrected chi connectivity index (χ1v) is 11.9. The molecular formula is C26H24O2Si. The minimum Gasteiger partial charge on any atom is -0.456 e. The number of hydrogen-bond donors (Lipinski definition) is 0. The van der Waals surface area contributed by atoms with E-state index in [1.807, 2.05) is 36.4 Å². The molecule has 0 aromatic heterocycles. The van der Waals surface area contributed by atoms with E-state index in [4.69, 9.17) is 4.74 Å². The highest BCUT2D eigenvalue weighted by atomic mass is 28.3. The fourth-order valence-electron chi connectivity index (χ4n) is 3.73. The molecule has 2 nitrogen and oxygen atoms in total. The summed E-state index contributed by atoms with van der Waals surface area (Å²) in [5.74, 6) is 5.22. The van der Waals surface area contributed by atoms with Crippen LogP contribution in [0.15, 0.2) is 97.6 Å². The van der Waals surface area contributed by atoms with Crippen LogP contribution in [0.3, 0.4) is 0 Å². The van der Waals surface area contributed by atoms with Gasteiger partial charge in [0.1, 0.15) is 0 Å². The number of benzene rings is 3. The number of allylic oxidation sites excluding steroid dienone is 1. The Balaban J connectivity index is 2.29. The predicted molar refractivity (Wildman–Crippen MR) is 122 cm³/mol. The summed E-state index contributed by atoms with van der Waals surface area (Å²) in [6.45, 7) is 6.17. The SMILES string of the molecule is C=CC[Si](c1ccccc1)(c1ccccc1)c1ccccc1C#CC(=O)OCC. The van der Waals surface area contributed by atoms with Crippen LogP contribution in [-0.2, 0) is 9.53 Å². The molecule has 0 aliphatic carbocycles. The molecule has 29 heavy (non-hydrogen) atoms. The van der Waals surface area contributed by atoms with Crippen molar-refractivity contribution in [3.63, 3.8) is 0 Å². The van der Waals surface area contributed by atoms with Gasteiger partial charge in [0, 0.05) is 11.5 Å². The lowest BCUT2D eigenvalue weighted by molar-refractivity contribution is -0.136. The first-order valence-electron chi connectivity index (χ1n) is 9.72. The molecule has 0 bridgehead atoms. The summed E-state index contributed by atoms with van der Waals surface area (Å²) in [6.07, 6.45) is 2.00. The third-order valence-electron chi connectivity index (χ3n) is 4.95. The van der Waals surface area contributed by atoms with Gasteiger partial charge in [-0.25, -0.2) is 4.79 Å². The third kappa shape index (κ3) is 4.39. The number of esters is 1. The van der Waals surface area contributed by atoms with Crippen molar-refractivity contribution in [1.82, 2.24) is 0 Å². The zero-order chi connectivity index (χ0) is 20.5. The van der Waals surface area contributed by atoms with Crippen LogP contribution in [-0.4, -0.2) is 20.7 Å². The standard InChI is InChI=1S/C26H24O2Si/c1-3-21-29(23-14-7-5-8-15-23,24-16-9-6-10-17-24)25-18-12-11-13-22(25)19-20-26(27)28-4-2/h3,5-18H,1,4,21H2,2H3. The second kappa shape index (κ2) is 9.72. The average molecular weight is 397 g/mol. The largest absolute Gasteiger partial charge is 0.456 e. The van der Waals surface area contributed by atoms with Crippen LogP contribution in [0.1, 0.15) is 12.5 Å². The molecule has 0 aliphatic heterocycles. The third-order valence-corrected chi connectivity index (χ3v) is 9.84. The molecule has 3 aromatic rings. The first kappa shape index (κ1) is 20.4. The molecule has 0 fully saturated rings. The van der Waals surface area contributed by atoms with Gasteiger partial charge >= 0.3 is 5.97 Å². The van der Waals surface area contributed by atoms with Crippen molar-refractivity contribution < 1.29 is 9.53 Å². The van der Waals surface area contributed by atoms with Gasteiger partial charge in [0.2, 0.25) is 0 Å². The minimum atomic E-state index is -2.43. The van der Waals surface area contributed by atoms with E-state index in [0.717, 1.165) is 11.6 Å². The Kier molecular flexibility index (Phi) is 6.83. The molecule has 0 aliphatic rings. The van der Waals surface area contributed by atoms with Crippen molar-refractivity contribution >= 4 is 29.6 Å². The van der Waals surface area contributed by atoms with Crippen LogP contribution in [0.4, 0.5) is 0 Å². The van der Waals surface area contributed by atoms with Crippen LogP contribution in [0.5, 0.6) is 0 Å². The van der Waals surface area contributed by atoms with E-state index < -0.39 is 14.0 Å². The molecule has 0 heterocycles. The Morgan fingerprint density at radius 2 is 1.48 bits per heavy atom. The number of rotatable bonds is 6. The van der Waals surface area contributed by atoms with Crippen molar-refractivity contribution in [1.29, 1.82) is 0 Å². The average Bonchev–Trinajstić information content (AvgIpc) is 2.78. The molecule has 3 rings (SSSR count). The maximum atomic E-state index is 11.8. The Morgan fingerprint density at radius 3 is 2.03 bits per heavy atom. The number of ether oxygens (including phenoxy) is 1. The fourth-order valence-corrected chi connectivity index (χ4v) is 8.32. The monoisotopic (exact) mass is 396 g/mol. The first-order chi connectivity index (χ1) is 14.2. The normalized spacial score (nSPS) is 10.5. The van der Waals surface area contributed by atoms with Gasteiger partial charge < -0.3 is 4.74 Å². The van der Waals surface area contributed by atoms with Gasteiger partial charge in [-0.05, 0) is 34.6 Å². The molecule has 0 saturated carbocycles. The molecule has 3 heteroatoms. The fraction of sp³-hybridized carbons (Fsp3) is 0.115. The molecule has 0 N–H and O–H groups in total. The lowest BCUT2D eigenvalue weighted by Crippen LogP contribution is -2.67. The Bertz CT molecular complexity index is 991. The van der Waals surface area contributed by atoms with Gasteiger partial charge in [-0.2, -0.15) is 0 Å². The smallest absolute Gasteiger partial charge is 0.384 e. The molecular weight excluding hydrogens is 372 g/mol. The van der Waals surface area contributed by atoms with E-state index in [-0.39, 0.29) is 0 Å². The zero-order valence-corrected chi connectivity index (χ0v) is 17.6. The van der Waals surface area contributed by atoms with Crippen molar-refractivity contribution in [2.75, 3.05) is 6.61 Å². The highest BCUT2D eigenvalue weighted by molar-refractivity contribution is 7.12. The van der Waals surface area contributed by atoms with Crippen LogP contribution in [0.25, 0.3) is 0 Å². The highest BCUT2D eigenvalue weighted by Crippen LogP contribution is 2.15. The Labute approximate surface area is 173 Å². The molecule has 144 valence electrons. The van der Waals surface area contributed by atoms with Gasteiger partial charge in [-0.3, -0.25) is 0 Å². The summed E-state index contributed by atoms with van der Waals surface area (Å²) < 4.78 is 4.99. The summed E-state index contributed by atoms with van der Waals surface area (Å²) in [5.41, 5.74) is 0.863. The van der Waals surface area contributed by atoms with E-state index in [2.05, 4.69) is 73.0 Å². The molecule has 0 spiro atoms. The maximum Gasteiger partial charge on any atom is 0.384 e. The summed E-state index contributed by atoms with van der Waals surface area (Å²) >= 11 is 0. The van der Waals surface area contributed by atoms with Crippen molar-refractivity contribution in [2.45, 2.75) is 13.0 Å². The van der Waals surface area contributed by atoms with E-state index in [9.17, 15) is 4.79 Å². The maximum absolute atomic E-state index is 11.8. The topological polar surface area (TPSA) is 26.3 Å². The number of hydrogen-bond acceptors (Lipinski definition) is 2. The van der Waals surface area contributed by atoms with Crippen LogP contribution < -0.4 is 15.6 Å². The van der Waals surface area contributed by atoms with E-state index in [1.165, 1.54) is 15.6 Å². The second-order valence-electron chi connectivity index (χ2n) is 6.65. The van der Waals surface area contributed by atoms with E-state index >= 15 is 0 Å². The van der Waals surface area contributed by atoms with Gasteiger partial charge in [0.05, 0.1) is 6.61 Å². The van der Waals surface area contributed by atoms with Gasteiger partial charge in [-0.15, -0.1) is 6.58 Å². The molecule has 0 atom stereocenters. The summed E-state index contributed by atoms with van der Waals surface area (Å²) in [4.78, 5) is 11.8. The van der Waals surface area contributed by atoms with Gasteiger partial charge in [0.25, 0.3) is 0 Å². The highest BCUT2D eigenvalue weighted by Gasteiger charge is 2.39. The quantitative estimate of drug-likeness (QED) is 0.210. The van der Waals surface area contributed by atoms with Crippen LogP contribution in [0, 0.1) is 11.8 Å². The lowest BCUT2D eigenvalue weighted by atomic mass is 10.2. The van der Waals surface area contributed by atoms with Crippen molar-refractivity contribution in [2.24, 2.45) is 0 Å². The molecule has 0 saturated heterocycles. The van der Waals surface area contributed by atoms with Crippen molar-refractivity contribution in [3.05, 3.63) is 103 Å². The Morgan fingerprint density at radius 1 is 0.931 bits per heavy atom. The summed E-state index contributed by atoms with van der Waals surface area (Å²) in [7, 11) is -2.43. The summed E-state index contributed by atoms with van der Waals surface area (Å²) in [5, 5.41) is 3.75. The van der Waals surface area contributed by atoms with Crippen molar-refractivity contribution in [3.8, 4) is 11.8 Å². The second-order valence-corrected chi connectivity index (χ2v) is 10.6. The van der Waals surface area contributed by atoms with Crippen LogP contribution >= 0.6 is 0 Å². The summed E-state index contributed by atoms with van der Waals surface area (Å²) in [6, 6.07) is 30.1. The van der Waals surface area contributed by atoms with E-state index in [1.54, 1.807) is 6.92 Å². The molecule has 0 unspecified atom stereocenters. The number of carbonyl (C=O) groups is 1. The van der Waals surface area contributed by atoms with Crippen LogP contribution in [0.2, 0.25) is 6.04 Å². The van der Waals surface area contributed by atoms with E-state index in [0.29, 0.717) is 6.61 Å².